The Bertz CT molecular complexity index is 814. The van der Waals surface area contributed by atoms with Crippen LogP contribution < -0.4 is 10.6 Å². The Balaban J connectivity index is 1.54. The highest BCUT2D eigenvalue weighted by Crippen LogP contribution is 2.30. The van der Waals surface area contributed by atoms with E-state index in [1.807, 2.05) is 36.5 Å². The third-order valence-corrected chi connectivity index (χ3v) is 5.29. The summed E-state index contributed by atoms with van der Waals surface area (Å²) in [5.74, 6) is -0.0426. The molecule has 0 spiro atoms. The number of nitrogens with one attached hydrogen (secondary N) is 3. The van der Waals surface area contributed by atoms with Gasteiger partial charge in [0.1, 0.15) is 0 Å². The minimum atomic E-state index is -0.0426. The number of hydrogen-bond donors (Lipinski definition) is 3. The highest BCUT2D eigenvalue weighted by molar-refractivity contribution is 7.14. The van der Waals surface area contributed by atoms with Crippen LogP contribution in [0.3, 0.4) is 0 Å². The Kier molecular flexibility index (Phi) is 3.44. The maximum absolute atomic E-state index is 12.4. The smallest absolute Gasteiger partial charge is 0.265 e. The summed E-state index contributed by atoms with van der Waals surface area (Å²) in [6.07, 6.45) is 4.21. The third kappa shape index (κ3) is 2.42. The molecule has 0 bridgehead atoms. The average Bonchev–Trinajstić information content (AvgIpc) is 3.28. The zero-order valence-electron chi connectivity index (χ0n) is 12.1. The van der Waals surface area contributed by atoms with Crippen molar-refractivity contribution in [3.8, 4) is 0 Å². The quantitative estimate of drug-likeness (QED) is 0.687. The summed E-state index contributed by atoms with van der Waals surface area (Å²) >= 11 is 1.58. The molecule has 1 fully saturated rings. The van der Waals surface area contributed by atoms with Crippen LogP contribution in [0.1, 0.15) is 33.4 Å². The van der Waals surface area contributed by atoms with Gasteiger partial charge in [-0.1, -0.05) is 18.2 Å². The lowest BCUT2D eigenvalue weighted by Crippen LogP contribution is -2.11. The van der Waals surface area contributed by atoms with E-state index in [2.05, 4.69) is 21.7 Å². The summed E-state index contributed by atoms with van der Waals surface area (Å²) in [4.78, 5) is 17.6. The van der Waals surface area contributed by atoms with Crippen molar-refractivity contribution < 1.29 is 4.79 Å². The van der Waals surface area contributed by atoms with Gasteiger partial charge in [-0.05, 0) is 37.6 Å². The summed E-state index contributed by atoms with van der Waals surface area (Å²) in [5, 5.41) is 7.51. The van der Waals surface area contributed by atoms with E-state index < -0.39 is 0 Å². The number of amides is 1. The topological polar surface area (TPSA) is 56.9 Å². The lowest BCUT2D eigenvalue weighted by molar-refractivity contribution is 0.103. The number of carbonyl (C=O) groups excluding carboxylic acids is 1. The molecular weight excluding hydrogens is 294 g/mol. The fourth-order valence-corrected chi connectivity index (χ4v) is 3.96. The summed E-state index contributed by atoms with van der Waals surface area (Å²) in [7, 11) is 0. The van der Waals surface area contributed by atoms with Crippen LogP contribution in [-0.2, 0) is 0 Å². The molecule has 4 nitrogen and oxygen atoms in total. The lowest BCUT2D eigenvalue weighted by Gasteiger charge is -2.06. The van der Waals surface area contributed by atoms with Gasteiger partial charge in [-0.15, -0.1) is 11.3 Å². The van der Waals surface area contributed by atoms with Crippen LogP contribution in [0.2, 0.25) is 0 Å². The van der Waals surface area contributed by atoms with Gasteiger partial charge in [0, 0.05) is 28.0 Å². The van der Waals surface area contributed by atoms with Crippen molar-refractivity contribution in [3.63, 3.8) is 0 Å². The predicted octanol–water partition coefficient (Wildman–Crippen LogP) is 3.91. The first-order valence-corrected chi connectivity index (χ1v) is 8.33. The van der Waals surface area contributed by atoms with Gasteiger partial charge in [-0.3, -0.25) is 4.79 Å². The molecule has 1 aliphatic heterocycles. The van der Waals surface area contributed by atoms with E-state index in [4.69, 9.17) is 0 Å². The van der Waals surface area contributed by atoms with Gasteiger partial charge in [0.15, 0.2) is 0 Å². The lowest BCUT2D eigenvalue weighted by atomic mass is 10.2. The van der Waals surface area contributed by atoms with Crippen molar-refractivity contribution in [2.24, 2.45) is 0 Å². The largest absolute Gasteiger partial charge is 0.359 e. The Morgan fingerprint density at radius 1 is 1.23 bits per heavy atom. The number of para-hydroxylation sites is 1. The zero-order valence-corrected chi connectivity index (χ0v) is 12.9. The molecule has 112 valence electrons. The summed E-state index contributed by atoms with van der Waals surface area (Å²) in [5.41, 5.74) is 1.86. The molecule has 3 aromatic rings. The van der Waals surface area contributed by atoms with Crippen molar-refractivity contribution in [2.75, 3.05) is 11.9 Å². The summed E-state index contributed by atoms with van der Waals surface area (Å²) < 4.78 is 0. The first kappa shape index (κ1) is 13.5. The zero-order chi connectivity index (χ0) is 14.9. The van der Waals surface area contributed by atoms with Crippen LogP contribution in [-0.4, -0.2) is 17.4 Å². The minimum absolute atomic E-state index is 0.0426. The molecule has 1 aliphatic rings. The van der Waals surface area contributed by atoms with E-state index in [1.54, 1.807) is 11.3 Å². The Morgan fingerprint density at radius 3 is 3.00 bits per heavy atom. The van der Waals surface area contributed by atoms with E-state index >= 15 is 0 Å². The molecular formula is C17H17N3OS. The first-order valence-electron chi connectivity index (χ1n) is 7.52. The van der Waals surface area contributed by atoms with Gasteiger partial charge in [0.25, 0.3) is 5.91 Å². The third-order valence-electron chi connectivity index (χ3n) is 4.09. The molecule has 1 saturated heterocycles. The number of H-pyrrole nitrogens is 1. The van der Waals surface area contributed by atoms with Gasteiger partial charge >= 0.3 is 0 Å². The Hall–Kier alpha value is -2.11. The van der Waals surface area contributed by atoms with Gasteiger partial charge in [-0.2, -0.15) is 0 Å². The van der Waals surface area contributed by atoms with E-state index in [9.17, 15) is 4.79 Å². The Morgan fingerprint density at radius 2 is 2.14 bits per heavy atom. The minimum Gasteiger partial charge on any atom is -0.359 e. The average molecular weight is 311 g/mol. The van der Waals surface area contributed by atoms with Crippen LogP contribution in [0.4, 0.5) is 5.69 Å². The van der Waals surface area contributed by atoms with Crippen molar-refractivity contribution >= 4 is 33.8 Å². The van der Waals surface area contributed by atoms with E-state index in [1.165, 1.54) is 11.3 Å². The van der Waals surface area contributed by atoms with Gasteiger partial charge in [0.2, 0.25) is 0 Å². The molecule has 0 aliphatic carbocycles. The first-order chi connectivity index (χ1) is 10.8. The second-order valence-corrected chi connectivity index (χ2v) is 6.67. The molecule has 0 saturated carbocycles. The standard InChI is InChI=1S/C17H17N3OS/c21-17(16-8-7-15(22-16)13-6-3-9-18-13)20-14-10-19-12-5-2-1-4-11(12)14/h1-2,4-5,7-8,10,13,18-19H,3,6,9H2,(H,20,21)/t13-/m0/s1. The fraction of sp³-hybridized carbons (Fsp3) is 0.235. The highest BCUT2D eigenvalue weighted by Gasteiger charge is 2.19. The van der Waals surface area contributed by atoms with Crippen molar-refractivity contribution in [2.45, 2.75) is 18.9 Å². The number of rotatable bonds is 3. The molecule has 3 heterocycles. The molecule has 1 amide bonds. The highest BCUT2D eigenvalue weighted by atomic mass is 32.1. The van der Waals surface area contributed by atoms with E-state index in [0.717, 1.165) is 34.4 Å². The molecule has 0 unspecified atom stereocenters. The number of carbonyl (C=O) groups is 1. The number of anilines is 1. The maximum atomic E-state index is 12.4. The SMILES string of the molecule is O=C(Nc1c[nH]c2ccccc12)c1ccc([C@@H]2CCCN2)s1. The van der Waals surface area contributed by atoms with E-state index in [-0.39, 0.29) is 5.91 Å². The second-order valence-electron chi connectivity index (χ2n) is 5.55. The number of fused-ring (bicyclic) bond motifs is 1. The van der Waals surface area contributed by atoms with Crippen molar-refractivity contribution in [1.29, 1.82) is 0 Å². The molecule has 4 rings (SSSR count). The fourth-order valence-electron chi connectivity index (χ4n) is 2.95. The molecule has 1 aromatic carbocycles. The van der Waals surface area contributed by atoms with Crippen LogP contribution in [0.15, 0.2) is 42.6 Å². The van der Waals surface area contributed by atoms with Gasteiger partial charge in [-0.25, -0.2) is 0 Å². The van der Waals surface area contributed by atoms with Crippen LogP contribution in [0.5, 0.6) is 0 Å². The number of aromatic amines is 1. The van der Waals surface area contributed by atoms with Crippen LogP contribution >= 0.6 is 11.3 Å². The number of benzene rings is 1. The molecule has 3 N–H and O–H groups in total. The molecule has 1 atom stereocenters. The summed E-state index contributed by atoms with van der Waals surface area (Å²) in [6.45, 7) is 1.07. The van der Waals surface area contributed by atoms with Gasteiger partial charge < -0.3 is 15.6 Å². The maximum Gasteiger partial charge on any atom is 0.265 e. The number of hydrogen-bond acceptors (Lipinski definition) is 3. The number of aromatic nitrogens is 1. The van der Waals surface area contributed by atoms with Crippen LogP contribution in [0, 0.1) is 0 Å². The molecule has 0 radical (unpaired) electrons. The predicted molar refractivity (Wildman–Crippen MR) is 90.5 cm³/mol. The molecule has 2 aromatic heterocycles. The van der Waals surface area contributed by atoms with Gasteiger partial charge in [0.05, 0.1) is 10.6 Å². The van der Waals surface area contributed by atoms with Crippen molar-refractivity contribution in [3.05, 3.63) is 52.3 Å². The van der Waals surface area contributed by atoms with Crippen molar-refractivity contribution in [1.82, 2.24) is 10.3 Å². The second kappa shape index (κ2) is 5.59. The molecule has 5 heteroatoms. The number of thiophene rings is 1. The Labute approximate surface area is 132 Å². The normalized spacial score (nSPS) is 17.9. The van der Waals surface area contributed by atoms with E-state index in [0.29, 0.717) is 6.04 Å². The molecule has 22 heavy (non-hydrogen) atoms. The summed E-state index contributed by atoms with van der Waals surface area (Å²) in [6, 6.07) is 12.4. The monoisotopic (exact) mass is 311 g/mol. The van der Waals surface area contributed by atoms with Crippen LogP contribution in [0.25, 0.3) is 10.9 Å².